The Bertz CT molecular complexity index is 1310. The predicted molar refractivity (Wildman–Crippen MR) is 99.8 cm³/mol. The van der Waals surface area contributed by atoms with Gasteiger partial charge in [0.25, 0.3) is 5.56 Å². The zero-order valence-corrected chi connectivity index (χ0v) is 15.3. The van der Waals surface area contributed by atoms with E-state index in [1.807, 2.05) is 6.07 Å². The summed E-state index contributed by atoms with van der Waals surface area (Å²) in [4.78, 5) is 19.5. The molecule has 0 radical (unpaired) electrons. The molecule has 0 saturated carbocycles. The summed E-state index contributed by atoms with van der Waals surface area (Å²) >= 11 is 0.856. The van der Waals surface area contributed by atoms with E-state index in [9.17, 15) is 18.0 Å². The predicted octanol–water partition coefficient (Wildman–Crippen LogP) is 4.15. The van der Waals surface area contributed by atoms with E-state index in [4.69, 9.17) is 5.26 Å². The highest BCUT2D eigenvalue weighted by atomic mass is 32.2. The Labute approximate surface area is 165 Å². The largest absolute Gasteiger partial charge is 0.417 e. The minimum atomic E-state index is -4.67. The molecule has 0 aliphatic heterocycles. The fraction of sp³-hybridized carbons (Fsp3) is 0.0526. The average Bonchev–Trinajstić information content (AvgIpc) is 3.12. The number of halogens is 3. The molecule has 2 aromatic heterocycles. The van der Waals surface area contributed by atoms with Crippen molar-refractivity contribution in [1.29, 1.82) is 5.26 Å². The first-order chi connectivity index (χ1) is 13.9. The van der Waals surface area contributed by atoms with Gasteiger partial charge < -0.3 is 4.98 Å². The number of hydrogen-bond acceptors (Lipinski definition) is 5. The standard InChI is InChI=1S/C19H10F3N5OS/c20-19(21,22)15-8-13(7-6-11(15)9-23)29-18-25-16-14(17(28)26-18)10-24-27(16)12-4-2-1-3-5-12/h1-8,10H,(H,25,26,28). The van der Waals surface area contributed by atoms with Crippen molar-refractivity contribution in [2.75, 3.05) is 0 Å². The SMILES string of the molecule is N#Cc1ccc(Sc2nc3c(cnn3-c3ccccc3)c(=O)[nH]2)cc1C(F)(F)F. The van der Waals surface area contributed by atoms with Gasteiger partial charge in [0.2, 0.25) is 0 Å². The molecule has 0 unspecified atom stereocenters. The number of fused-ring (bicyclic) bond motifs is 1. The molecule has 0 spiro atoms. The third-order valence-corrected chi connectivity index (χ3v) is 4.92. The monoisotopic (exact) mass is 413 g/mol. The average molecular weight is 413 g/mol. The van der Waals surface area contributed by atoms with Crippen LogP contribution in [0.3, 0.4) is 0 Å². The van der Waals surface area contributed by atoms with Gasteiger partial charge in [-0.3, -0.25) is 4.79 Å². The van der Waals surface area contributed by atoms with Crippen LogP contribution in [0.5, 0.6) is 0 Å². The van der Waals surface area contributed by atoms with E-state index in [0.717, 1.165) is 23.9 Å². The van der Waals surface area contributed by atoms with Crippen LogP contribution in [-0.2, 0) is 6.18 Å². The minimum absolute atomic E-state index is 0.109. The lowest BCUT2D eigenvalue weighted by molar-refractivity contribution is -0.137. The van der Waals surface area contributed by atoms with Gasteiger partial charge in [0.05, 0.1) is 29.1 Å². The summed E-state index contributed by atoms with van der Waals surface area (Å²) in [6, 6.07) is 13.9. The normalized spacial score (nSPS) is 11.5. The lowest BCUT2D eigenvalue weighted by Gasteiger charge is -2.10. The molecule has 144 valence electrons. The second kappa shape index (κ2) is 7.10. The summed E-state index contributed by atoms with van der Waals surface area (Å²) in [7, 11) is 0. The van der Waals surface area contributed by atoms with Gasteiger partial charge in [-0.1, -0.05) is 30.0 Å². The van der Waals surface area contributed by atoms with Crippen molar-refractivity contribution < 1.29 is 13.2 Å². The highest BCUT2D eigenvalue weighted by molar-refractivity contribution is 7.99. The Kier molecular flexibility index (Phi) is 4.60. The Morgan fingerprint density at radius 1 is 1.14 bits per heavy atom. The van der Waals surface area contributed by atoms with Crippen LogP contribution < -0.4 is 5.56 Å². The number of rotatable bonds is 3. The number of nitrogens with zero attached hydrogens (tertiary/aromatic N) is 4. The molecule has 2 heterocycles. The lowest BCUT2D eigenvalue weighted by Crippen LogP contribution is -2.10. The van der Waals surface area contributed by atoms with Crippen molar-refractivity contribution in [3.63, 3.8) is 0 Å². The Morgan fingerprint density at radius 2 is 1.90 bits per heavy atom. The number of aromatic amines is 1. The van der Waals surface area contributed by atoms with E-state index >= 15 is 0 Å². The molecule has 0 bridgehead atoms. The topological polar surface area (TPSA) is 87.4 Å². The van der Waals surface area contributed by atoms with E-state index in [-0.39, 0.29) is 21.1 Å². The lowest BCUT2D eigenvalue weighted by atomic mass is 10.1. The van der Waals surface area contributed by atoms with Crippen molar-refractivity contribution in [2.45, 2.75) is 16.2 Å². The summed E-state index contributed by atoms with van der Waals surface area (Å²) in [6.45, 7) is 0. The van der Waals surface area contributed by atoms with E-state index in [1.54, 1.807) is 24.3 Å². The molecule has 10 heteroatoms. The van der Waals surface area contributed by atoms with Gasteiger partial charge in [-0.25, -0.2) is 9.67 Å². The molecule has 6 nitrogen and oxygen atoms in total. The maximum absolute atomic E-state index is 13.2. The van der Waals surface area contributed by atoms with Gasteiger partial charge in [0.15, 0.2) is 10.8 Å². The van der Waals surface area contributed by atoms with Crippen molar-refractivity contribution in [3.05, 3.63) is 76.2 Å². The molecule has 0 atom stereocenters. The molecule has 4 aromatic rings. The zero-order chi connectivity index (χ0) is 20.6. The number of hydrogen-bond donors (Lipinski definition) is 1. The second-order valence-electron chi connectivity index (χ2n) is 5.92. The number of para-hydroxylation sites is 1. The van der Waals surface area contributed by atoms with Crippen LogP contribution >= 0.6 is 11.8 Å². The van der Waals surface area contributed by atoms with E-state index < -0.39 is 22.9 Å². The van der Waals surface area contributed by atoms with Crippen molar-refractivity contribution in [3.8, 4) is 11.8 Å². The summed E-state index contributed by atoms with van der Waals surface area (Å²) in [6.07, 6.45) is -3.29. The molecular weight excluding hydrogens is 403 g/mol. The number of alkyl halides is 3. The van der Waals surface area contributed by atoms with Crippen LogP contribution in [-0.4, -0.2) is 19.7 Å². The fourth-order valence-electron chi connectivity index (χ4n) is 2.74. The van der Waals surface area contributed by atoms with Gasteiger partial charge in [0, 0.05) is 4.90 Å². The van der Waals surface area contributed by atoms with Crippen LogP contribution in [0.15, 0.2) is 69.6 Å². The van der Waals surface area contributed by atoms with Crippen LogP contribution in [0, 0.1) is 11.3 Å². The molecule has 29 heavy (non-hydrogen) atoms. The molecule has 0 aliphatic carbocycles. The molecule has 0 aliphatic rings. The minimum Gasteiger partial charge on any atom is -0.300 e. The molecule has 0 saturated heterocycles. The first-order valence-corrected chi connectivity index (χ1v) is 9.01. The Balaban J connectivity index is 1.78. The Morgan fingerprint density at radius 3 is 2.59 bits per heavy atom. The van der Waals surface area contributed by atoms with Crippen molar-refractivity contribution in [1.82, 2.24) is 19.7 Å². The second-order valence-corrected chi connectivity index (χ2v) is 6.98. The molecule has 0 fully saturated rings. The molecular formula is C19H10F3N5OS. The maximum Gasteiger partial charge on any atom is 0.417 e. The first-order valence-electron chi connectivity index (χ1n) is 8.19. The van der Waals surface area contributed by atoms with Gasteiger partial charge in [0.1, 0.15) is 5.39 Å². The third-order valence-electron chi connectivity index (χ3n) is 4.05. The fourth-order valence-corrected chi connectivity index (χ4v) is 3.55. The molecule has 0 amide bonds. The number of H-pyrrole nitrogens is 1. The Hall–Kier alpha value is -3.58. The first kappa shape index (κ1) is 18.8. The smallest absolute Gasteiger partial charge is 0.300 e. The van der Waals surface area contributed by atoms with Crippen LogP contribution in [0.25, 0.3) is 16.7 Å². The molecule has 1 N–H and O–H groups in total. The van der Waals surface area contributed by atoms with Crippen molar-refractivity contribution in [2.24, 2.45) is 0 Å². The molecule has 4 rings (SSSR count). The number of aromatic nitrogens is 4. The quantitative estimate of drug-likeness (QED) is 0.510. The van der Waals surface area contributed by atoms with E-state index in [2.05, 4.69) is 15.1 Å². The van der Waals surface area contributed by atoms with Crippen molar-refractivity contribution >= 4 is 22.8 Å². The van der Waals surface area contributed by atoms with Gasteiger partial charge in [-0.05, 0) is 30.3 Å². The number of nitriles is 1. The molecule has 2 aromatic carbocycles. The summed E-state index contributed by atoms with van der Waals surface area (Å²) in [5.74, 6) is 0. The summed E-state index contributed by atoms with van der Waals surface area (Å²) < 4.78 is 41.0. The van der Waals surface area contributed by atoms with E-state index in [0.29, 0.717) is 5.69 Å². The highest BCUT2D eigenvalue weighted by Crippen LogP contribution is 2.35. The van der Waals surface area contributed by atoms with Crippen LogP contribution in [0.2, 0.25) is 0 Å². The van der Waals surface area contributed by atoms with Crippen LogP contribution in [0.4, 0.5) is 13.2 Å². The summed E-state index contributed by atoms with van der Waals surface area (Å²) in [5, 5.41) is 13.5. The van der Waals surface area contributed by atoms with Gasteiger partial charge in [-0.2, -0.15) is 23.5 Å². The van der Waals surface area contributed by atoms with Gasteiger partial charge in [-0.15, -0.1) is 0 Å². The highest BCUT2D eigenvalue weighted by Gasteiger charge is 2.34. The van der Waals surface area contributed by atoms with Crippen LogP contribution in [0.1, 0.15) is 11.1 Å². The number of nitrogens with one attached hydrogen (secondary N) is 1. The maximum atomic E-state index is 13.2. The number of benzene rings is 2. The van der Waals surface area contributed by atoms with E-state index in [1.165, 1.54) is 23.0 Å². The zero-order valence-electron chi connectivity index (χ0n) is 14.4. The third kappa shape index (κ3) is 3.60. The summed E-state index contributed by atoms with van der Waals surface area (Å²) in [5.41, 5.74) is -0.991. The van der Waals surface area contributed by atoms with Gasteiger partial charge >= 0.3 is 6.18 Å².